The van der Waals surface area contributed by atoms with Crippen molar-refractivity contribution in [1.29, 1.82) is 0 Å². The maximum atomic E-state index is 12.2. The van der Waals surface area contributed by atoms with Crippen LogP contribution in [0, 0.1) is 12.8 Å². The van der Waals surface area contributed by atoms with Gasteiger partial charge in [-0.15, -0.1) is 0 Å². The molecule has 90 valence electrons. The topological polar surface area (TPSA) is 17.1 Å². The fourth-order valence-corrected chi connectivity index (χ4v) is 2.85. The first-order valence-corrected chi connectivity index (χ1v) is 6.40. The molecule has 1 atom stereocenters. The van der Waals surface area contributed by atoms with Crippen molar-refractivity contribution in [2.45, 2.75) is 20.3 Å². The zero-order chi connectivity index (χ0) is 12.7. The van der Waals surface area contributed by atoms with Crippen molar-refractivity contribution >= 4 is 5.78 Å². The highest BCUT2D eigenvalue weighted by atomic mass is 16.1. The molecule has 0 aliphatic heterocycles. The van der Waals surface area contributed by atoms with E-state index >= 15 is 0 Å². The summed E-state index contributed by atoms with van der Waals surface area (Å²) in [5, 5.41) is 0. The van der Waals surface area contributed by atoms with Gasteiger partial charge < -0.3 is 0 Å². The van der Waals surface area contributed by atoms with E-state index in [1.807, 2.05) is 32.0 Å². The van der Waals surface area contributed by atoms with Crippen LogP contribution in [-0.4, -0.2) is 5.78 Å². The monoisotopic (exact) mass is 236 g/mol. The van der Waals surface area contributed by atoms with Crippen LogP contribution in [0.5, 0.6) is 0 Å². The summed E-state index contributed by atoms with van der Waals surface area (Å²) in [5.41, 5.74) is 5.73. The Balaban J connectivity index is 2.24. The van der Waals surface area contributed by atoms with Gasteiger partial charge in [0.15, 0.2) is 5.78 Å². The Kier molecular flexibility index (Phi) is 2.55. The second kappa shape index (κ2) is 4.09. The lowest BCUT2D eigenvalue weighted by Gasteiger charge is -2.10. The number of hydrogen-bond donors (Lipinski definition) is 0. The third kappa shape index (κ3) is 1.59. The average Bonchev–Trinajstić information content (AvgIpc) is 2.68. The van der Waals surface area contributed by atoms with Crippen LogP contribution in [0.3, 0.4) is 0 Å². The van der Waals surface area contributed by atoms with Gasteiger partial charge in [0.1, 0.15) is 0 Å². The van der Waals surface area contributed by atoms with E-state index in [1.165, 1.54) is 16.7 Å². The normalized spacial score (nSPS) is 17.9. The molecule has 1 aliphatic rings. The minimum atomic E-state index is 0.128. The SMILES string of the molecule is Cc1ccc(-c2ccccc2)c2c1C(=O)C(C)C2. The minimum Gasteiger partial charge on any atom is -0.294 e. The molecule has 0 saturated carbocycles. The van der Waals surface area contributed by atoms with Crippen molar-refractivity contribution in [2.75, 3.05) is 0 Å². The Morgan fingerprint density at radius 2 is 1.78 bits per heavy atom. The molecule has 0 heterocycles. The van der Waals surface area contributed by atoms with Crippen LogP contribution in [0.4, 0.5) is 0 Å². The fourth-order valence-electron chi connectivity index (χ4n) is 2.85. The second-order valence-corrected chi connectivity index (χ2v) is 5.12. The summed E-state index contributed by atoms with van der Waals surface area (Å²) < 4.78 is 0. The molecule has 0 fully saturated rings. The lowest BCUT2D eigenvalue weighted by atomic mass is 9.94. The predicted octanol–water partition coefficient (Wildman–Crippen LogP) is 4.04. The van der Waals surface area contributed by atoms with Crippen molar-refractivity contribution in [1.82, 2.24) is 0 Å². The minimum absolute atomic E-state index is 0.128. The van der Waals surface area contributed by atoms with E-state index in [-0.39, 0.29) is 5.92 Å². The molecule has 0 aromatic heterocycles. The summed E-state index contributed by atoms with van der Waals surface area (Å²) in [7, 11) is 0. The first-order chi connectivity index (χ1) is 8.68. The third-order valence-corrected chi connectivity index (χ3v) is 3.81. The van der Waals surface area contributed by atoms with Crippen LogP contribution in [0.25, 0.3) is 11.1 Å². The Morgan fingerprint density at radius 3 is 2.50 bits per heavy atom. The number of fused-ring (bicyclic) bond motifs is 1. The average molecular weight is 236 g/mol. The molecule has 18 heavy (non-hydrogen) atoms. The molecular formula is C17H16O. The summed E-state index contributed by atoms with van der Waals surface area (Å²) in [4.78, 5) is 12.2. The van der Waals surface area contributed by atoms with E-state index in [0.29, 0.717) is 5.78 Å². The predicted molar refractivity (Wildman–Crippen MR) is 73.8 cm³/mol. The van der Waals surface area contributed by atoms with Crippen LogP contribution in [0.1, 0.15) is 28.4 Å². The largest absolute Gasteiger partial charge is 0.294 e. The number of rotatable bonds is 1. The summed E-state index contributed by atoms with van der Waals surface area (Å²) in [6, 6.07) is 14.5. The van der Waals surface area contributed by atoms with Crippen LogP contribution < -0.4 is 0 Å². The molecule has 1 nitrogen and oxygen atoms in total. The fraction of sp³-hybridized carbons (Fsp3) is 0.235. The van der Waals surface area contributed by atoms with E-state index in [4.69, 9.17) is 0 Å². The summed E-state index contributed by atoms with van der Waals surface area (Å²) in [6.45, 7) is 4.06. The first-order valence-electron chi connectivity index (χ1n) is 6.40. The highest BCUT2D eigenvalue weighted by molar-refractivity contribution is 6.05. The second-order valence-electron chi connectivity index (χ2n) is 5.12. The Labute approximate surface area is 107 Å². The number of aryl methyl sites for hydroxylation is 1. The maximum absolute atomic E-state index is 12.2. The third-order valence-electron chi connectivity index (χ3n) is 3.81. The smallest absolute Gasteiger partial charge is 0.166 e. The Morgan fingerprint density at radius 1 is 1.06 bits per heavy atom. The number of Topliss-reactive ketones (excluding diaryl/α,β-unsaturated/α-hetero) is 1. The quantitative estimate of drug-likeness (QED) is 0.730. The van der Waals surface area contributed by atoms with Crippen LogP contribution in [-0.2, 0) is 6.42 Å². The molecule has 2 aromatic rings. The van der Waals surface area contributed by atoms with Gasteiger partial charge in [0.05, 0.1) is 0 Å². The van der Waals surface area contributed by atoms with Gasteiger partial charge >= 0.3 is 0 Å². The zero-order valence-corrected chi connectivity index (χ0v) is 10.7. The summed E-state index contributed by atoms with van der Waals surface area (Å²) >= 11 is 0. The van der Waals surface area contributed by atoms with Gasteiger partial charge in [0, 0.05) is 11.5 Å². The molecule has 1 aliphatic carbocycles. The summed E-state index contributed by atoms with van der Waals surface area (Å²) in [5.74, 6) is 0.434. The number of carbonyl (C=O) groups excluding carboxylic acids is 1. The number of benzene rings is 2. The van der Waals surface area contributed by atoms with Gasteiger partial charge in [0.25, 0.3) is 0 Å². The molecule has 0 N–H and O–H groups in total. The van der Waals surface area contributed by atoms with Gasteiger partial charge in [-0.05, 0) is 35.6 Å². The van der Waals surface area contributed by atoms with Crippen LogP contribution in [0.15, 0.2) is 42.5 Å². The molecule has 0 bridgehead atoms. The molecule has 0 saturated heterocycles. The molecule has 3 rings (SSSR count). The molecule has 0 radical (unpaired) electrons. The molecule has 0 spiro atoms. The van der Waals surface area contributed by atoms with Crippen molar-refractivity contribution in [3.05, 3.63) is 59.2 Å². The number of carbonyl (C=O) groups is 1. The van der Waals surface area contributed by atoms with Gasteiger partial charge in [0.2, 0.25) is 0 Å². The maximum Gasteiger partial charge on any atom is 0.166 e. The van der Waals surface area contributed by atoms with Gasteiger partial charge in [-0.25, -0.2) is 0 Å². The number of ketones is 1. The standard InChI is InChI=1S/C17H16O/c1-11-8-9-14(13-6-4-3-5-7-13)15-10-12(2)17(18)16(11)15/h3-9,12H,10H2,1-2H3. The van der Waals surface area contributed by atoms with Crippen molar-refractivity contribution in [3.63, 3.8) is 0 Å². The van der Waals surface area contributed by atoms with Crippen molar-refractivity contribution in [3.8, 4) is 11.1 Å². The molecule has 1 heteroatoms. The van der Waals surface area contributed by atoms with Gasteiger partial charge in [-0.2, -0.15) is 0 Å². The van der Waals surface area contributed by atoms with E-state index in [1.54, 1.807) is 0 Å². The highest BCUT2D eigenvalue weighted by Gasteiger charge is 2.30. The van der Waals surface area contributed by atoms with Crippen LogP contribution >= 0.6 is 0 Å². The lowest BCUT2D eigenvalue weighted by molar-refractivity contribution is 0.0946. The molecule has 0 amide bonds. The van der Waals surface area contributed by atoms with Gasteiger partial charge in [-0.3, -0.25) is 4.79 Å². The van der Waals surface area contributed by atoms with E-state index in [9.17, 15) is 4.79 Å². The lowest BCUT2D eigenvalue weighted by Crippen LogP contribution is -2.04. The zero-order valence-electron chi connectivity index (χ0n) is 10.7. The molecule has 2 aromatic carbocycles. The Bertz CT molecular complexity index is 611. The van der Waals surface area contributed by atoms with Crippen molar-refractivity contribution < 1.29 is 4.79 Å². The molecular weight excluding hydrogens is 220 g/mol. The molecule has 1 unspecified atom stereocenters. The first kappa shape index (κ1) is 11.2. The van der Waals surface area contributed by atoms with Crippen LogP contribution in [0.2, 0.25) is 0 Å². The summed E-state index contributed by atoms with van der Waals surface area (Å²) in [6.07, 6.45) is 0.875. The Hall–Kier alpha value is -1.89. The van der Waals surface area contributed by atoms with Gasteiger partial charge in [-0.1, -0.05) is 49.4 Å². The van der Waals surface area contributed by atoms with E-state index in [0.717, 1.165) is 17.5 Å². The van der Waals surface area contributed by atoms with Crippen molar-refractivity contribution in [2.24, 2.45) is 5.92 Å². The highest BCUT2D eigenvalue weighted by Crippen LogP contribution is 2.36. The van der Waals surface area contributed by atoms with E-state index < -0.39 is 0 Å². The number of hydrogen-bond acceptors (Lipinski definition) is 1. The van der Waals surface area contributed by atoms with E-state index in [2.05, 4.69) is 24.3 Å².